The maximum Gasteiger partial charge on any atom is 0.331 e. The molecule has 0 unspecified atom stereocenters. The number of nitrogens with zero attached hydrogens (tertiary/aromatic N) is 4. The van der Waals surface area contributed by atoms with Gasteiger partial charge < -0.3 is 4.74 Å². The average Bonchev–Trinajstić information content (AvgIpc) is 2.88. The number of ether oxygens (including phenoxy) is 1. The quantitative estimate of drug-likeness (QED) is 0.510. The summed E-state index contributed by atoms with van der Waals surface area (Å²) in [4.78, 5) is 28.5. The van der Waals surface area contributed by atoms with Gasteiger partial charge in [0.2, 0.25) is 0 Å². The van der Waals surface area contributed by atoms with E-state index in [0.717, 1.165) is 4.57 Å². The van der Waals surface area contributed by atoms with Crippen LogP contribution < -0.4 is 10.3 Å². The fourth-order valence-corrected chi connectivity index (χ4v) is 2.98. The van der Waals surface area contributed by atoms with Crippen LogP contribution in [0.3, 0.4) is 0 Å². The minimum Gasteiger partial charge on any atom is -0.422 e. The molecule has 3 rings (SSSR count). The van der Waals surface area contributed by atoms with E-state index in [1.807, 2.05) is 0 Å². The number of hydrogen-bond donors (Lipinski definition) is 0. The van der Waals surface area contributed by atoms with Gasteiger partial charge in [0, 0.05) is 12.1 Å². The van der Waals surface area contributed by atoms with Crippen LogP contribution in [0.15, 0.2) is 29.5 Å². The van der Waals surface area contributed by atoms with Crippen molar-refractivity contribution in [3.8, 4) is 5.75 Å². The molecule has 2 heterocycles. The number of hydrogen-bond acceptors (Lipinski definition) is 5. The lowest BCUT2D eigenvalue weighted by molar-refractivity contribution is -0.135. The van der Waals surface area contributed by atoms with Gasteiger partial charge in [-0.05, 0) is 12.1 Å². The largest absolute Gasteiger partial charge is 0.422 e. The molecule has 1 aromatic carbocycles. The predicted octanol–water partition coefficient (Wildman–Crippen LogP) is 2.70. The Kier molecular flexibility index (Phi) is 4.49. The highest BCUT2D eigenvalue weighted by Crippen LogP contribution is 2.35. The van der Waals surface area contributed by atoms with Gasteiger partial charge in [0.1, 0.15) is 18.3 Å². The Bertz CT molecular complexity index is 989. The van der Waals surface area contributed by atoms with Crippen molar-refractivity contribution in [2.45, 2.75) is 6.54 Å². The molecule has 0 aliphatic heterocycles. The van der Waals surface area contributed by atoms with Gasteiger partial charge in [-0.15, -0.1) is 0 Å². The fourth-order valence-electron chi connectivity index (χ4n) is 2.09. The third kappa shape index (κ3) is 3.10. The number of fused-ring (bicyclic) bond motifs is 1. The summed E-state index contributed by atoms with van der Waals surface area (Å²) in [5.41, 5.74) is 0.0201. The Morgan fingerprint density at radius 2 is 1.92 bits per heavy atom. The topological polar surface area (TPSA) is 79.0 Å². The second-order valence-corrected chi connectivity index (χ2v) is 6.11. The van der Waals surface area contributed by atoms with Crippen molar-refractivity contribution in [1.29, 1.82) is 0 Å². The van der Waals surface area contributed by atoms with E-state index in [0.29, 0.717) is 16.1 Å². The zero-order valence-corrected chi connectivity index (χ0v) is 14.4. The van der Waals surface area contributed by atoms with Gasteiger partial charge in [-0.2, -0.15) is 5.10 Å². The summed E-state index contributed by atoms with van der Waals surface area (Å²) >= 11 is 17.7. The van der Waals surface area contributed by atoms with E-state index < -0.39 is 11.5 Å². The number of halogens is 3. The Labute approximate surface area is 150 Å². The van der Waals surface area contributed by atoms with E-state index in [1.165, 1.54) is 29.3 Å². The Morgan fingerprint density at radius 1 is 1.25 bits per heavy atom. The maximum absolute atomic E-state index is 12.3. The summed E-state index contributed by atoms with van der Waals surface area (Å²) < 4.78 is 7.72. The van der Waals surface area contributed by atoms with Crippen molar-refractivity contribution in [3.63, 3.8) is 0 Å². The lowest BCUT2D eigenvalue weighted by Gasteiger charge is -2.09. The van der Waals surface area contributed by atoms with Crippen molar-refractivity contribution in [2.75, 3.05) is 0 Å². The number of carbonyl (C=O) groups excluding carboxylic acids is 1. The van der Waals surface area contributed by atoms with Crippen LogP contribution in [-0.4, -0.2) is 25.3 Å². The van der Waals surface area contributed by atoms with E-state index in [1.54, 1.807) is 7.05 Å². The molecule has 0 bridgehead atoms. The molecule has 2 aromatic heterocycles. The molecule has 0 atom stereocenters. The molecule has 0 saturated carbocycles. The lowest BCUT2D eigenvalue weighted by atomic mass is 10.3. The van der Waals surface area contributed by atoms with Crippen LogP contribution in [-0.2, 0) is 18.4 Å². The maximum atomic E-state index is 12.3. The van der Waals surface area contributed by atoms with E-state index >= 15 is 0 Å². The van der Waals surface area contributed by atoms with Gasteiger partial charge in [0.25, 0.3) is 5.56 Å². The second kappa shape index (κ2) is 6.43. The zero-order valence-electron chi connectivity index (χ0n) is 12.2. The van der Waals surface area contributed by atoms with Gasteiger partial charge in [-0.1, -0.05) is 34.8 Å². The number of esters is 1. The lowest BCUT2D eigenvalue weighted by Crippen LogP contribution is -2.27. The highest BCUT2D eigenvalue weighted by molar-refractivity contribution is 6.40. The van der Waals surface area contributed by atoms with Crippen molar-refractivity contribution in [2.24, 2.45) is 7.05 Å². The van der Waals surface area contributed by atoms with Crippen LogP contribution in [0.1, 0.15) is 0 Å². The third-order valence-electron chi connectivity index (χ3n) is 3.20. The number of aryl methyl sites for hydroxylation is 1. The van der Waals surface area contributed by atoms with E-state index in [2.05, 4.69) is 10.1 Å². The zero-order chi connectivity index (χ0) is 17.4. The first-order chi connectivity index (χ1) is 11.4. The standard InChI is InChI=1S/C14H9Cl3N4O3/c1-20-13-8(4-19-20)14(23)21(6-18-13)5-11(22)24-12-9(16)2-7(15)3-10(12)17/h2-4,6H,5H2,1H3. The molecule has 0 spiro atoms. The smallest absolute Gasteiger partial charge is 0.331 e. The summed E-state index contributed by atoms with van der Waals surface area (Å²) in [6, 6.07) is 2.79. The molecule has 0 fully saturated rings. The molecule has 0 aliphatic carbocycles. The van der Waals surface area contributed by atoms with Crippen LogP contribution in [0.25, 0.3) is 11.0 Å². The summed E-state index contributed by atoms with van der Waals surface area (Å²) in [6.07, 6.45) is 2.64. The van der Waals surface area contributed by atoms with Crippen LogP contribution in [0.5, 0.6) is 5.75 Å². The molecule has 0 amide bonds. The molecule has 0 saturated heterocycles. The molecule has 7 nitrogen and oxygen atoms in total. The van der Waals surface area contributed by atoms with Crippen molar-refractivity contribution in [3.05, 3.63) is 50.1 Å². The first kappa shape index (κ1) is 16.8. The first-order valence-corrected chi connectivity index (χ1v) is 7.72. The van der Waals surface area contributed by atoms with Gasteiger partial charge in [0.15, 0.2) is 11.4 Å². The molecule has 0 N–H and O–H groups in total. The molecular formula is C14H9Cl3N4O3. The average molecular weight is 388 g/mol. The van der Waals surface area contributed by atoms with Crippen LogP contribution >= 0.6 is 34.8 Å². The summed E-state index contributed by atoms with van der Waals surface area (Å²) in [6.45, 7) is -0.355. The van der Waals surface area contributed by atoms with Gasteiger partial charge in [-0.25, -0.2) is 9.78 Å². The Morgan fingerprint density at radius 3 is 2.58 bits per heavy atom. The SMILES string of the molecule is Cn1ncc2c(=O)n(CC(=O)Oc3c(Cl)cc(Cl)cc3Cl)cnc21. The molecule has 10 heteroatoms. The van der Waals surface area contributed by atoms with Gasteiger partial charge >= 0.3 is 5.97 Å². The number of rotatable bonds is 3. The Hall–Kier alpha value is -2.09. The third-order valence-corrected chi connectivity index (χ3v) is 3.98. The predicted molar refractivity (Wildman–Crippen MR) is 89.9 cm³/mol. The summed E-state index contributed by atoms with van der Waals surface area (Å²) in [5, 5.41) is 4.75. The van der Waals surface area contributed by atoms with Crippen LogP contribution in [0, 0.1) is 0 Å². The summed E-state index contributed by atoms with van der Waals surface area (Å²) in [7, 11) is 1.66. The van der Waals surface area contributed by atoms with Crippen molar-refractivity contribution >= 4 is 51.8 Å². The van der Waals surface area contributed by atoms with Gasteiger partial charge in [0.05, 0.1) is 16.2 Å². The summed E-state index contributed by atoms with van der Waals surface area (Å²) in [5.74, 6) is -0.746. The first-order valence-electron chi connectivity index (χ1n) is 6.59. The minimum atomic E-state index is -0.728. The number of aromatic nitrogens is 4. The van der Waals surface area contributed by atoms with E-state index in [4.69, 9.17) is 39.5 Å². The monoisotopic (exact) mass is 386 g/mol. The molecule has 0 radical (unpaired) electrons. The van der Waals surface area contributed by atoms with E-state index in [-0.39, 0.29) is 22.3 Å². The van der Waals surface area contributed by atoms with Crippen LogP contribution in [0.4, 0.5) is 0 Å². The molecular weight excluding hydrogens is 379 g/mol. The fraction of sp³-hybridized carbons (Fsp3) is 0.143. The molecule has 3 aromatic rings. The highest BCUT2D eigenvalue weighted by Gasteiger charge is 2.16. The Balaban J connectivity index is 1.86. The second-order valence-electron chi connectivity index (χ2n) is 4.86. The number of benzene rings is 1. The number of carbonyl (C=O) groups is 1. The minimum absolute atomic E-state index is 0.0174. The highest BCUT2D eigenvalue weighted by atomic mass is 35.5. The van der Waals surface area contributed by atoms with Crippen molar-refractivity contribution in [1.82, 2.24) is 19.3 Å². The molecule has 124 valence electrons. The van der Waals surface area contributed by atoms with Gasteiger partial charge in [-0.3, -0.25) is 14.0 Å². The van der Waals surface area contributed by atoms with Crippen molar-refractivity contribution < 1.29 is 9.53 Å². The molecule has 24 heavy (non-hydrogen) atoms. The normalized spacial score (nSPS) is 11.0. The molecule has 0 aliphatic rings. The van der Waals surface area contributed by atoms with E-state index in [9.17, 15) is 9.59 Å². The van der Waals surface area contributed by atoms with Crippen LogP contribution in [0.2, 0.25) is 15.1 Å².